The van der Waals surface area contributed by atoms with E-state index in [1.165, 1.54) is 66.7 Å². The summed E-state index contributed by atoms with van der Waals surface area (Å²) in [7, 11) is 0. The van der Waals surface area contributed by atoms with E-state index in [0.717, 1.165) is 12.8 Å². The highest BCUT2D eigenvalue weighted by Crippen LogP contribution is 2.64. The van der Waals surface area contributed by atoms with Crippen molar-refractivity contribution in [3.63, 3.8) is 0 Å². The number of fused-ring (bicyclic) bond motifs is 11. The van der Waals surface area contributed by atoms with Crippen molar-refractivity contribution in [2.45, 2.75) is 18.3 Å². The number of nitrogens with one attached hydrogen (secondary N) is 1. The van der Waals surface area contributed by atoms with Crippen LogP contribution in [0.2, 0.25) is 0 Å². The fourth-order valence-corrected chi connectivity index (χ4v) is 6.87. The van der Waals surface area contributed by atoms with Crippen molar-refractivity contribution in [1.82, 2.24) is 0 Å². The maximum atomic E-state index is 3.88. The molecule has 0 bridgehead atoms. The summed E-state index contributed by atoms with van der Waals surface area (Å²) in [6.07, 6.45) is 8.76. The Morgan fingerprint density at radius 2 is 1.25 bits per heavy atom. The Hall–Kier alpha value is -4.36. The molecule has 170 valence electrons. The average Bonchev–Trinajstić information content (AvgIpc) is 3.40. The van der Waals surface area contributed by atoms with Crippen molar-refractivity contribution in [1.29, 1.82) is 0 Å². The molecule has 0 amide bonds. The van der Waals surface area contributed by atoms with Crippen LogP contribution < -0.4 is 5.32 Å². The van der Waals surface area contributed by atoms with Gasteiger partial charge in [-0.1, -0.05) is 97.1 Å². The Morgan fingerprint density at radius 1 is 0.583 bits per heavy atom. The highest BCUT2D eigenvalue weighted by atomic mass is 14.9. The van der Waals surface area contributed by atoms with E-state index in [1.807, 2.05) is 0 Å². The van der Waals surface area contributed by atoms with Crippen LogP contribution in [0, 0.1) is 0 Å². The van der Waals surface area contributed by atoms with Gasteiger partial charge in [0.25, 0.3) is 0 Å². The third-order valence-electron chi connectivity index (χ3n) is 8.28. The summed E-state index contributed by atoms with van der Waals surface area (Å²) < 4.78 is 0. The average molecular weight is 460 g/mol. The third kappa shape index (κ3) is 2.50. The summed E-state index contributed by atoms with van der Waals surface area (Å²) in [6.45, 7) is 0. The van der Waals surface area contributed by atoms with Crippen molar-refractivity contribution in [3.05, 3.63) is 149 Å². The molecule has 0 aliphatic heterocycles. The van der Waals surface area contributed by atoms with Gasteiger partial charge in [-0.25, -0.2) is 0 Å². The molecule has 0 saturated heterocycles. The van der Waals surface area contributed by atoms with E-state index in [0.29, 0.717) is 0 Å². The molecule has 8 rings (SSSR count). The molecule has 3 aliphatic carbocycles. The van der Waals surface area contributed by atoms with Crippen LogP contribution in [0.1, 0.15) is 35.1 Å². The Labute approximate surface area is 211 Å². The first-order valence-corrected chi connectivity index (χ1v) is 12.8. The van der Waals surface area contributed by atoms with Crippen molar-refractivity contribution < 1.29 is 0 Å². The number of anilines is 1. The van der Waals surface area contributed by atoms with Gasteiger partial charge in [0.1, 0.15) is 0 Å². The smallest absolute Gasteiger partial charge is 0.0746 e. The van der Waals surface area contributed by atoms with Crippen molar-refractivity contribution >= 4 is 16.5 Å². The molecular weight excluding hydrogens is 434 g/mol. The summed E-state index contributed by atoms with van der Waals surface area (Å²) >= 11 is 0. The van der Waals surface area contributed by atoms with E-state index in [9.17, 15) is 0 Å². The van der Waals surface area contributed by atoms with Gasteiger partial charge in [-0.15, -0.1) is 0 Å². The number of allylic oxidation sites excluding steroid dienone is 4. The predicted molar refractivity (Wildman–Crippen MR) is 150 cm³/mol. The lowest BCUT2D eigenvalue weighted by atomic mass is 9.70. The minimum atomic E-state index is -0.351. The zero-order valence-electron chi connectivity index (χ0n) is 20.0. The van der Waals surface area contributed by atoms with Gasteiger partial charge in [-0.3, -0.25) is 0 Å². The first kappa shape index (κ1) is 19.9. The standard InChI is InChI=1S/C35H25N/c1-2-13-25(14-3-1)36-33-20-10-17-28-26-15-6-8-18-30(26)35(34(28)33)31-19-9-7-16-27(31)29-21-23-11-4-5-12-24(23)22-32(29)35/h1-2,4-13,15-22,36H,3,14H2. The van der Waals surface area contributed by atoms with Crippen LogP contribution in [-0.4, -0.2) is 0 Å². The van der Waals surface area contributed by atoms with Crippen molar-refractivity contribution in [2.24, 2.45) is 0 Å². The number of benzene rings is 5. The van der Waals surface area contributed by atoms with E-state index in [2.05, 4.69) is 127 Å². The van der Waals surface area contributed by atoms with Crippen LogP contribution in [0.25, 0.3) is 33.0 Å². The van der Waals surface area contributed by atoms with E-state index in [1.54, 1.807) is 0 Å². The van der Waals surface area contributed by atoms with Gasteiger partial charge in [0.2, 0.25) is 0 Å². The highest BCUT2D eigenvalue weighted by Gasteiger charge is 2.52. The summed E-state index contributed by atoms with van der Waals surface area (Å²) in [6, 6.07) is 38.5. The van der Waals surface area contributed by atoms with Gasteiger partial charge in [0.05, 0.1) is 5.41 Å². The SMILES string of the molecule is C1=CCCC(Nc2cccc3c2C2(c4ccccc4-c4cc5ccccc5cc42)c2ccccc2-3)=C1. The minimum absolute atomic E-state index is 0.351. The Bertz CT molecular complexity index is 1770. The molecule has 0 radical (unpaired) electrons. The second-order valence-electron chi connectivity index (χ2n) is 10.1. The van der Waals surface area contributed by atoms with Crippen LogP contribution in [0.4, 0.5) is 5.69 Å². The fourth-order valence-electron chi connectivity index (χ4n) is 6.87. The number of hydrogen-bond acceptors (Lipinski definition) is 1. The van der Waals surface area contributed by atoms with Gasteiger partial charge in [0.15, 0.2) is 0 Å². The molecule has 0 saturated carbocycles. The quantitative estimate of drug-likeness (QED) is 0.272. The summed E-state index contributed by atoms with van der Waals surface area (Å²) in [4.78, 5) is 0. The van der Waals surface area contributed by atoms with E-state index in [4.69, 9.17) is 0 Å². The largest absolute Gasteiger partial charge is 0.359 e. The molecule has 0 aromatic heterocycles. The highest BCUT2D eigenvalue weighted by molar-refractivity contribution is 6.01. The van der Waals surface area contributed by atoms with Gasteiger partial charge in [0, 0.05) is 16.9 Å². The molecule has 36 heavy (non-hydrogen) atoms. The molecule has 0 heterocycles. The number of hydrogen-bond donors (Lipinski definition) is 1. The van der Waals surface area contributed by atoms with Crippen molar-refractivity contribution in [3.8, 4) is 22.3 Å². The Kier molecular flexibility index (Phi) is 4.05. The molecular formula is C35H25N. The molecule has 1 heteroatoms. The van der Waals surface area contributed by atoms with E-state index in [-0.39, 0.29) is 5.41 Å². The molecule has 3 aliphatic rings. The maximum absolute atomic E-state index is 3.88. The van der Waals surface area contributed by atoms with Gasteiger partial charge < -0.3 is 5.32 Å². The fraction of sp³-hybridized carbons (Fsp3) is 0.0857. The zero-order valence-corrected chi connectivity index (χ0v) is 20.0. The normalized spacial score (nSPS) is 18.5. The lowest BCUT2D eigenvalue weighted by molar-refractivity contribution is 0.795. The second-order valence-corrected chi connectivity index (χ2v) is 10.1. The summed E-state index contributed by atoms with van der Waals surface area (Å²) in [5.41, 5.74) is 13.0. The maximum Gasteiger partial charge on any atom is 0.0746 e. The van der Waals surface area contributed by atoms with Crippen LogP contribution >= 0.6 is 0 Å². The molecule has 1 spiro atoms. The van der Waals surface area contributed by atoms with E-state index < -0.39 is 0 Å². The van der Waals surface area contributed by atoms with Crippen LogP contribution in [-0.2, 0) is 5.41 Å². The first-order valence-electron chi connectivity index (χ1n) is 12.8. The van der Waals surface area contributed by atoms with Gasteiger partial charge in [-0.2, -0.15) is 0 Å². The van der Waals surface area contributed by atoms with E-state index >= 15 is 0 Å². The second kappa shape index (κ2) is 7.32. The molecule has 5 aromatic rings. The van der Waals surface area contributed by atoms with Crippen molar-refractivity contribution in [2.75, 3.05) is 5.32 Å². The molecule has 1 unspecified atom stereocenters. The molecule has 0 fully saturated rings. The van der Waals surface area contributed by atoms with Crippen LogP contribution in [0.5, 0.6) is 0 Å². The monoisotopic (exact) mass is 459 g/mol. The lowest BCUT2D eigenvalue weighted by Gasteiger charge is -2.32. The van der Waals surface area contributed by atoms with Crippen LogP contribution in [0.15, 0.2) is 127 Å². The van der Waals surface area contributed by atoms with Gasteiger partial charge in [-0.05, 0) is 86.8 Å². The molecule has 5 aromatic carbocycles. The number of rotatable bonds is 2. The minimum Gasteiger partial charge on any atom is -0.359 e. The lowest BCUT2D eigenvalue weighted by Crippen LogP contribution is -2.27. The molecule has 1 atom stereocenters. The molecule has 1 N–H and O–H groups in total. The third-order valence-corrected chi connectivity index (χ3v) is 8.28. The van der Waals surface area contributed by atoms with Gasteiger partial charge >= 0.3 is 0 Å². The predicted octanol–water partition coefficient (Wildman–Crippen LogP) is 8.83. The van der Waals surface area contributed by atoms with Crippen LogP contribution in [0.3, 0.4) is 0 Å². The zero-order chi connectivity index (χ0) is 23.7. The first-order chi connectivity index (χ1) is 17.9. The summed E-state index contributed by atoms with van der Waals surface area (Å²) in [5, 5.41) is 6.46. The Morgan fingerprint density at radius 3 is 2.00 bits per heavy atom. The topological polar surface area (TPSA) is 12.0 Å². The Balaban J connectivity index is 1.52. The summed E-state index contributed by atoms with van der Waals surface area (Å²) in [5.74, 6) is 0. The molecule has 1 nitrogen and oxygen atoms in total.